The molecule has 196 valence electrons. The minimum atomic E-state index is -0.817. The topological polar surface area (TPSA) is 98.2 Å². The van der Waals surface area contributed by atoms with Crippen molar-refractivity contribution in [2.75, 3.05) is 19.8 Å². The number of hydrogen-bond donors (Lipinski definition) is 1. The van der Waals surface area contributed by atoms with E-state index < -0.39 is 17.7 Å². The van der Waals surface area contributed by atoms with E-state index in [9.17, 15) is 14.7 Å². The number of pyridine rings is 1. The first-order valence-electron chi connectivity index (χ1n) is 12.9. The Morgan fingerprint density at radius 2 is 1.89 bits per heavy atom. The van der Waals surface area contributed by atoms with Crippen molar-refractivity contribution >= 4 is 17.4 Å². The minimum Gasteiger partial charge on any atom is -0.507 e. The fourth-order valence-electron chi connectivity index (χ4n) is 4.74. The molecule has 1 N–H and O–H groups in total. The van der Waals surface area contributed by atoms with Gasteiger partial charge in [-0.25, -0.2) is 0 Å². The molecule has 1 amide bonds. The Kier molecular flexibility index (Phi) is 7.58. The number of fused-ring (bicyclic) bond motifs is 1. The molecule has 1 fully saturated rings. The number of ketones is 1. The van der Waals surface area contributed by atoms with Gasteiger partial charge in [-0.05, 0) is 53.9 Å². The van der Waals surface area contributed by atoms with Crippen molar-refractivity contribution in [1.82, 2.24) is 9.88 Å². The molecule has 2 aliphatic rings. The van der Waals surface area contributed by atoms with Crippen molar-refractivity contribution < 1.29 is 28.9 Å². The van der Waals surface area contributed by atoms with E-state index in [1.165, 1.54) is 4.90 Å². The number of ether oxygens (including phenoxy) is 3. The van der Waals surface area contributed by atoms with Crippen LogP contribution in [0.15, 0.2) is 72.6 Å². The molecule has 2 aliphatic heterocycles. The zero-order valence-corrected chi connectivity index (χ0v) is 21.3. The van der Waals surface area contributed by atoms with Crippen LogP contribution in [0.4, 0.5) is 0 Å². The van der Waals surface area contributed by atoms with Gasteiger partial charge in [0.05, 0.1) is 18.2 Å². The molecule has 3 heterocycles. The summed E-state index contributed by atoms with van der Waals surface area (Å²) in [5.74, 6) is -0.0239. The molecule has 0 radical (unpaired) electrons. The Hall–Kier alpha value is -4.33. The Morgan fingerprint density at radius 1 is 1.05 bits per heavy atom. The van der Waals surface area contributed by atoms with Crippen LogP contribution in [-0.2, 0) is 16.1 Å². The molecule has 1 saturated heterocycles. The molecule has 2 aromatic carbocycles. The standard InChI is InChI=1S/C30H30N2O6/c1-2-3-4-13-36-23-9-5-8-21(16-23)27-26(28(33)22-10-11-24-25(17-22)38-15-14-37-24)29(34)30(35)32(27)19-20-7-6-12-31-18-20/h5-12,16-18,27,33H,2-4,13-15,19H2,1H3/t27-/m0/s1. The highest BCUT2D eigenvalue weighted by Crippen LogP contribution is 2.42. The highest BCUT2D eigenvalue weighted by Gasteiger charge is 2.46. The molecular weight excluding hydrogens is 484 g/mol. The largest absolute Gasteiger partial charge is 0.507 e. The second-order valence-electron chi connectivity index (χ2n) is 9.27. The van der Waals surface area contributed by atoms with Crippen molar-refractivity contribution in [2.24, 2.45) is 0 Å². The number of Topliss-reactive ketones (excluding diaryl/α,β-unsaturated/α-hetero) is 1. The Bertz CT molecular complexity index is 1350. The highest BCUT2D eigenvalue weighted by molar-refractivity contribution is 6.46. The summed E-state index contributed by atoms with van der Waals surface area (Å²) in [6.07, 6.45) is 6.40. The lowest BCUT2D eigenvalue weighted by Gasteiger charge is -2.26. The maximum atomic E-state index is 13.4. The van der Waals surface area contributed by atoms with Gasteiger partial charge in [0.2, 0.25) is 0 Å². The van der Waals surface area contributed by atoms with Gasteiger partial charge in [-0.2, -0.15) is 0 Å². The van der Waals surface area contributed by atoms with Crippen LogP contribution in [-0.4, -0.2) is 46.5 Å². The molecule has 3 aromatic rings. The van der Waals surface area contributed by atoms with Crippen molar-refractivity contribution in [1.29, 1.82) is 0 Å². The number of benzene rings is 2. The van der Waals surface area contributed by atoms with E-state index in [1.807, 2.05) is 30.3 Å². The lowest BCUT2D eigenvalue weighted by molar-refractivity contribution is -0.140. The summed E-state index contributed by atoms with van der Waals surface area (Å²) in [5.41, 5.74) is 1.81. The zero-order valence-electron chi connectivity index (χ0n) is 21.3. The van der Waals surface area contributed by atoms with Crippen LogP contribution < -0.4 is 14.2 Å². The van der Waals surface area contributed by atoms with E-state index in [0.29, 0.717) is 48.2 Å². The first-order chi connectivity index (χ1) is 18.6. The first-order valence-corrected chi connectivity index (χ1v) is 12.9. The summed E-state index contributed by atoms with van der Waals surface area (Å²) >= 11 is 0. The van der Waals surface area contributed by atoms with Crippen LogP contribution in [0.1, 0.15) is 48.9 Å². The van der Waals surface area contributed by atoms with Gasteiger partial charge < -0.3 is 24.2 Å². The van der Waals surface area contributed by atoms with Gasteiger partial charge in [-0.15, -0.1) is 0 Å². The van der Waals surface area contributed by atoms with Gasteiger partial charge in [0.1, 0.15) is 24.7 Å². The quantitative estimate of drug-likeness (QED) is 0.185. The van der Waals surface area contributed by atoms with Crippen LogP contribution in [0.2, 0.25) is 0 Å². The van der Waals surface area contributed by atoms with E-state index in [4.69, 9.17) is 14.2 Å². The number of aliphatic hydroxyl groups excluding tert-OH is 1. The van der Waals surface area contributed by atoms with Gasteiger partial charge in [-0.1, -0.05) is 38.0 Å². The number of amides is 1. The number of rotatable bonds is 9. The summed E-state index contributed by atoms with van der Waals surface area (Å²) in [6, 6.07) is 15.1. The van der Waals surface area contributed by atoms with Crippen LogP contribution in [0.3, 0.4) is 0 Å². The van der Waals surface area contributed by atoms with E-state index in [1.54, 1.807) is 36.7 Å². The maximum Gasteiger partial charge on any atom is 0.295 e. The SMILES string of the molecule is CCCCCOc1cccc([C@H]2C(=C(O)c3ccc4c(c3)OCCO4)C(=O)C(=O)N2Cc2cccnc2)c1. The first kappa shape index (κ1) is 25.3. The number of nitrogens with zero attached hydrogens (tertiary/aromatic N) is 2. The average Bonchev–Trinajstić information content (AvgIpc) is 3.20. The van der Waals surface area contributed by atoms with Crippen LogP contribution in [0.5, 0.6) is 17.2 Å². The number of likely N-dealkylation sites (tertiary alicyclic amines) is 1. The molecule has 38 heavy (non-hydrogen) atoms. The second-order valence-corrected chi connectivity index (χ2v) is 9.27. The molecule has 0 saturated carbocycles. The van der Waals surface area contributed by atoms with E-state index in [2.05, 4.69) is 11.9 Å². The lowest BCUT2D eigenvalue weighted by Crippen LogP contribution is -2.29. The van der Waals surface area contributed by atoms with Crippen LogP contribution in [0, 0.1) is 0 Å². The number of hydrogen-bond acceptors (Lipinski definition) is 7. The molecule has 0 unspecified atom stereocenters. The Morgan fingerprint density at radius 3 is 2.68 bits per heavy atom. The number of aromatic nitrogens is 1. The van der Waals surface area contributed by atoms with Crippen molar-refractivity contribution in [3.63, 3.8) is 0 Å². The molecule has 0 aliphatic carbocycles. The number of aliphatic hydroxyl groups is 1. The van der Waals surface area contributed by atoms with Crippen molar-refractivity contribution in [3.05, 3.63) is 89.3 Å². The van der Waals surface area contributed by atoms with Gasteiger partial charge in [-0.3, -0.25) is 14.6 Å². The maximum absolute atomic E-state index is 13.4. The summed E-state index contributed by atoms with van der Waals surface area (Å²) in [4.78, 5) is 32.4. The second kappa shape index (κ2) is 11.4. The third-order valence-corrected chi connectivity index (χ3v) is 6.62. The molecule has 0 spiro atoms. The van der Waals surface area contributed by atoms with Gasteiger partial charge in [0.15, 0.2) is 11.5 Å². The zero-order chi connectivity index (χ0) is 26.5. The molecule has 8 nitrogen and oxygen atoms in total. The lowest BCUT2D eigenvalue weighted by atomic mass is 9.95. The van der Waals surface area contributed by atoms with Crippen molar-refractivity contribution in [3.8, 4) is 17.2 Å². The molecule has 1 aromatic heterocycles. The number of unbranched alkanes of at least 4 members (excludes halogenated alkanes) is 2. The Labute approximate surface area is 221 Å². The van der Waals surface area contributed by atoms with E-state index >= 15 is 0 Å². The Balaban J connectivity index is 1.56. The van der Waals surface area contributed by atoms with Crippen LogP contribution >= 0.6 is 0 Å². The third-order valence-electron chi connectivity index (χ3n) is 6.62. The molecule has 1 atom stereocenters. The monoisotopic (exact) mass is 514 g/mol. The molecular formula is C30H30N2O6. The summed E-state index contributed by atoms with van der Waals surface area (Å²) in [7, 11) is 0. The number of carbonyl (C=O) groups is 2. The predicted molar refractivity (Wildman–Crippen MR) is 141 cm³/mol. The van der Waals surface area contributed by atoms with E-state index in [-0.39, 0.29) is 17.9 Å². The average molecular weight is 515 g/mol. The molecule has 0 bridgehead atoms. The van der Waals surface area contributed by atoms with Gasteiger partial charge >= 0.3 is 0 Å². The number of carbonyl (C=O) groups excluding carboxylic acids is 2. The fourth-order valence-corrected chi connectivity index (χ4v) is 4.74. The van der Waals surface area contributed by atoms with Gasteiger partial charge in [0.25, 0.3) is 11.7 Å². The van der Waals surface area contributed by atoms with Gasteiger partial charge in [0, 0.05) is 24.5 Å². The highest BCUT2D eigenvalue weighted by atomic mass is 16.6. The van der Waals surface area contributed by atoms with Crippen LogP contribution in [0.25, 0.3) is 5.76 Å². The molecule has 5 rings (SSSR count). The third kappa shape index (κ3) is 5.20. The fraction of sp³-hybridized carbons (Fsp3) is 0.300. The predicted octanol–water partition coefficient (Wildman–Crippen LogP) is 5.04. The summed E-state index contributed by atoms with van der Waals surface area (Å²) in [5, 5.41) is 11.4. The molecule has 8 heteroatoms. The summed E-state index contributed by atoms with van der Waals surface area (Å²) < 4.78 is 17.2. The van der Waals surface area contributed by atoms with E-state index in [0.717, 1.165) is 24.8 Å². The van der Waals surface area contributed by atoms with Crippen molar-refractivity contribution in [2.45, 2.75) is 38.8 Å². The summed E-state index contributed by atoms with van der Waals surface area (Å²) in [6.45, 7) is 3.69. The smallest absolute Gasteiger partial charge is 0.295 e. The minimum absolute atomic E-state index is 0.0127. The normalized spacial score (nSPS) is 18.0.